The van der Waals surface area contributed by atoms with Crippen LogP contribution in [0.1, 0.15) is 66.1 Å². The average molecular weight is 612 g/mol. The van der Waals surface area contributed by atoms with Crippen molar-refractivity contribution in [1.82, 2.24) is 9.80 Å². The van der Waals surface area contributed by atoms with Gasteiger partial charge < -0.3 is 24.0 Å². The lowest BCUT2D eigenvalue weighted by Crippen LogP contribution is -2.43. The van der Waals surface area contributed by atoms with Crippen LogP contribution in [0.4, 0.5) is 0 Å². The summed E-state index contributed by atoms with van der Waals surface area (Å²) in [5.41, 5.74) is 4.17. The number of nitrogens with zero attached hydrogens (tertiary/aromatic N) is 2. The Morgan fingerprint density at radius 2 is 1.71 bits per heavy atom. The second-order valence-electron chi connectivity index (χ2n) is 11.2. The quantitative estimate of drug-likeness (QED) is 0.224. The monoisotopic (exact) mass is 610 g/mol. The Balaban J connectivity index is 1.27. The summed E-state index contributed by atoms with van der Waals surface area (Å²) in [6.07, 6.45) is 2.85. The van der Waals surface area contributed by atoms with Gasteiger partial charge in [0.2, 0.25) is 0 Å². The van der Waals surface area contributed by atoms with E-state index in [2.05, 4.69) is 29.2 Å². The SMILES string of the molecule is CCOc1ccc(C(=O)N(C)CC(CCN2CCC3(CC2)OCc2ccccc23)c2ccc(Cl)c(Cl)c2)cc1OCC. The molecule has 1 saturated heterocycles. The molecule has 1 unspecified atom stereocenters. The molecule has 42 heavy (non-hydrogen) atoms. The number of likely N-dealkylation sites (tertiary alicyclic amines) is 1. The third-order valence-corrected chi connectivity index (χ3v) is 9.26. The molecule has 0 bridgehead atoms. The number of carbonyl (C=O) groups is 1. The van der Waals surface area contributed by atoms with Gasteiger partial charge in [0.05, 0.1) is 35.5 Å². The normalized spacial score (nSPS) is 16.7. The molecule has 2 aliphatic heterocycles. The molecule has 3 aromatic rings. The van der Waals surface area contributed by atoms with Crippen LogP contribution in [0.5, 0.6) is 11.5 Å². The first-order valence-electron chi connectivity index (χ1n) is 14.9. The second kappa shape index (κ2) is 13.7. The van der Waals surface area contributed by atoms with Crippen molar-refractivity contribution in [2.75, 3.05) is 46.4 Å². The Kier molecular flexibility index (Phi) is 10.00. The van der Waals surface area contributed by atoms with Gasteiger partial charge in [-0.05, 0) is 86.7 Å². The van der Waals surface area contributed by atoms with Crippen LogP contribution >= 0.6 is 23.2 Å². The Morgan fingerprint density at radius 3 is 2.45 bits per heavy atom. The number of hydrogen-bond acceptors (Lipinski definition) is 5. The van der Waals surface area contributed by atoms with E-state index in [0.717, 1.165) is 44.5 Å². The van der Waals surface area contributed by atoms with Crippen molar-refractivity contribution in [1.29, 1.82) is 0 Å². The smallest absolute Gasteiger partial charge is 0.253 e. The Morgan fingerprint density at radius 1 is 0.976 bits per heavy atom. The highest BCUT2D eigenvalue weighted by atomic mass is 35.5. The summed E-state index contributed by atoms with van der Waals surface area (Å²) in [6, 6.07) is 19.8. The third-order valence-electron chi connectivity index (χ3n) is 8.52. The fraction of sp³-hybridized carbons (Fsp3) is 0.441. The van der Waals surface area contributed by atoms with Gasteiger partial charge in [-0.3, -0.25) is 4.79 Å². The molecular formula is C34H40Cl2N2O4. The van der Waals surface area contributed by atoms with Gasteiger partial charge in [-0.25, -0.2) is 0 Å². The summed E-state index contributed by atoms with van der Waals surface area (Å²) >= 11 is 12.7. The van der Waals surface area contributed by atoms with Crippen molar-refractivity contribution in [3.05, 3.63) is 93.0 Å². The fourth-order valence-electron chi connectivity index (χ4n) is 6.22. The molecule has 2 heterocycles. The van der Waals surface area contributed by atoms with E-state index in [1.165, 1.54) is 11.1 Å². The van der Waals surface area contributed by atoms with E-state index < -0.39 is 0 Å². The van der Waals surface area contributed by atoms with Crippen molar-refractivity contribution < 1.29 is 19.0 Å². The number of amides is 1. The van der Waals surface area contributed by atoms with Gasteiger partial charge in [0, 0.05) is 38.2 Å². The minimum Gasteiger partial charge on any atom is -0.490 e. The molecule has 2 aliphatic rings. The van der Waals surface area contributed by atoms with Gasteiger partial charge in [-0.1, -0.05) is 53.5 Å². The highest BCUT2D eigenvalue weighted by Gasteiger charge is 2.42. The predicted octanol–water partition coefficient (Wildman–Crippen LogP) is 7.56. The van der Waals surface area contributed by atoms with E-state index >= 15 is 0 Å². The van der Waals surface area contributed by atoms with Gasteiger partial charge in [-0.15, -0.1) is 0 Å². The van der Waals surface area contributed by atoms with E-state index in [0.29, 0.717) is 53.5 Å². The summed E-state index contributed by atoms with van der Waals surface area (Å²) < 4.78 is 17.8. The van der Waals surface area contributed by atoms with Crippen LogP contribution in [-0.4, -0.2) is 62.1 Å². The number of carbonyl (C=O) groups excluding carboxylic acids is 1. The molecule has 1 spiro atoms. The van der Waals surface area contributed by atoms with E-state index in [-0.39, 0.29) is 17.4 Å². The summed E-state index contributed by atoms with van der Waals surface area (Å²) in [4.78, 5) is 17.9. The second-order valence-corrected chi connectivity index (χ2v) is 12.0. The van der Waals surface area contributed by atoms with E-state index in [9.17, 15) is 4.79 Å². The maximum absolute atomic E-state index is 13.6. The van der Waals surface area contributed by atoms with Crippen molar-refractivity contribution in [2.45, 2.75) is 51.2 Å². The van der Waals surface area contributed by atoms with Crippen molar-refractivity contribution in [2.24, 2.45) is 0 Å². The molecule has 3 aromatic carbocycles. The van der Waals surface area contributed by atoms with Gasteiger partial charge in [-0.2, -0.15) is 0 Å². The van der Waals surface area contributed by atoms with Crippen LogP contribution in [0.3, 0.4) is 0 Å². The maximum Gasteiger partial charge on any atom is 0.253 e. The predicted molar refractivity (Wildman–Crippen MR) is 168 cm³/mol. The zero-order valence-corrected chi connectivity index (χ0v) is 26.2. The fourth-order valence-corrected chi connectivity index (χ4v) is 6.53. The number of ether oxygens (including phenoxy) is 3. The van der Waals surface area contributed by atoms with Gasteiger partial charge >= 0.3 is 0 Å². The molecular weight excluding hydrogens is 571 g/mol. The summed E-state index contributed by atoms with van der Waals surface area (Å²) in [5, 5.41) is 1.05. The number of piperidine rings is 1. The molecule has 8 heteroatoms. The van der Waals surface area contributed by atoms with Crippen LogP contribution in [0.15, 0.2) is 60.7 Å². The molecule has 0 aliphatic carbocycles. The van der Waals surface area contributed by atoms with Crippen molar-refractivity contribution >= 4 is 29.1 Å². The molecule has 0 aromatic heterocycles. The van der Waals surface area contributed by atoms with E-state index in [4.69, 9.17) is 37.4 Å². The summed E-state index contributed by atoms with van der Waals surface area (Å²) in [7, 11) is 1.85. The largest absolute Gasteiger partial charge is 0.490 e. The maximum atomic E-state index is 13.6. The minimum absolute atomic E-state index is 0.0685. The highest BCUT2D eigenvalue weighted by molar-refractivity contribution is 6.42. The summed E-state index contributed by atoms with van der Waals surface area (Å²) in [5.74, 6) is 1.24. The van der Waals surface area contributed by atoms with Gasteiger partial charge in [0.1, 0.15) is 0 Å². The lowest BCUT2D eigenvalue weighted by molar-refractivity contribution is -0.0790. The number of rotatable bonds is 11. The average Bonchev–Trinajstić information content (AvgIpc) is 3.36. The van der Waals surface area contributed by atoms with Crippen LogP contribution in [0, 0.1) is 0 Å². The van der Waals surface area contributed by atoms with Gasteiger partial charge in [0.15, 0.2) is 11.5 Å². The molecule has 1 amide bonds. The first-order valence-corrected chi connectivity index (χ1v) is 15.6. The number of fused-ring (bicyclic) bond motifs is 2. The first kappa shape index (κ1) is 30.7. The molecule has 1 atom stereocenters. The van der Waals surface area contributed by atoms with Gasteiger partial charge in [0.25, 0.3) is 5.91 Å². The lowest BCUT2D eigenvalue weighted by atomic mass is 9.83. The number of hydrogen-bond donors (Lipinski definition) is 0. The zero-order valence-electron chi connectivity index (χ0n) is 24.7. The Hall–Kier alpha value is -2.77. The molecule has 0 radical (unpaired) electrons. The topological polar surface area (TPSA) is 51.2 Å². The zero-order chi connectivity index (χ0) is 29.7. The van der Waals surface area contributed by atoms with Crippen molar-refractivity contribution in [3.8, 4) is 11.5 Å². The standard InChI is InChI=1S/C34H40Cl2N2O4/c1-4-40-31-13-11-25(21-32(31)41-5-2)33(39)37(3)22-26(24-10-12-29(35)30(36)20-24)14-17-38-18-15-34(16-19-38)28-9-7-6-8-27(28)23-42-34/h6-13,20-21,26H,4-5,14-19,22-23H2,1-3H3. The first-order chi connectivity index (χ1) is 20.3. The molecule has 224 valence electrons. The number of halogens is 2. The summed E-state index contributed by atoms with van der Waals surface area (Å²) in [6.45, 7) is 8.98. The Labute approximate surface area is 259 Å². The van der Waals surface area contributed by atoms with Crippen LogP contribution in [0.2, 0.25) is 10.0 Å². The molecule has 0 N–H and O–H groups in total. The minimum atomic E-state index is -0.152. The van der Waals surface area contributed by atoms with E-state index in [1.54, 1.807) is 17.0 Å². The van der Waals surface area contributed by atoms with E-state index in [1.807, 2.05) is 45.2 Å². The van der Waals surface area contributed by atoms with Crippen LogP contribution in [0.25, 0.3) is 0 Å². The highest BCUT2D eigenvalue weighted by Crippen LogP contribution is 2.44. The number of benzene rings is 3. The molecule has 5 rings (SSSR count). The Bertz CT molecular complexity index is 1390. The van der Waals surface area contributed by atoms with Crippen molar-refractivity contribution in [3.63, 3.8) is 0 Å². The molecule has 1 fully saturated rings. The third kappa shape index (κ3) is 6.73. The molecule has 0 saturated carbocycles. The lowest BCUT2D eigenvalue weighted by Gasteiger charge is -2.40. The van der Waals surface area contributed by atoms with Crippen LogP contribution in [-0.2, 0) is 16.9 Å². The molecule has 6 nitrogen and oxygen atoms in total. The van der Waals surface area contributed by atoms with Crippen LogP contribution < -0.4 is 9.47 Å². The number of likely N-dealkylation sites (N-methyl/N-ethyl adjacent to an activating group) is 1.